The summed E-state index contributed by atoms with van der Waals surface area (Å²) >= 11 is 0. The molecule has 0 saturated heterocycles. The smallest absolute Gasteiger partial charge is 0.354 e. The van der Waals surface area contributed by atoms with Crippen LogP contribution in [0.1, 0.15) is 10.5 Å². The van der Waals surface area contributed by atoms with Crippen molar-refractivity contribution in [3.63, 3.8) is 0 Å². The first kappa shape index (κ1) is 11.1. The number of nitrogens with one attached hydrogen (secondary N) is 2. The molecule has 0 amide bonds. The van der Waals surface area contributed by atoms with E-state index in [1.807, 2.05) is 0 Å². The molecule has 0 atom stereocenters. The van der Waals surface area contributed by atoms with E-state index in [1.54, 1.807) is 24.5 Å². The van der Waals surface area contributed by atoms with Crippen LogP contribution in [0.4, 0.5) is 0 Å². The summed E-state index contributed by atoms with van der Waals surface area (Å²) in [6, 6.07) is 6.16. The number of imidazole rings is 1. The molecular weight excluding hydrogens is 248 g/mol. The molecule has 2 heterocycles. The number of hydrogen-bond donors (Lipinski definition) is 3. The number of carbonyl (C=O) groups is 1. The Labute approximate surface area is 106 Å². The molecule has 2 aromatic heterocycles. The molecule has 0 saturated carbocycles. The molecule has 0 aliphatic heterocycles. The second kappa shape index (κ2) is 4.05. The van der Waals surface area contributed by atoms with Gasteiger partial charge in [-0.25, -0.2) is 14.8 Å². The second-order valence-electron chi connectivity index (χ2n) is 3.92. The molecule has 19 heavy (non-hydrogen) atoms. The highest BCUT2D eigenvalue weighted by atomic mass is 16.4. The number of H-pyrrole nitrogens is 2. The topological polar surface area (TPSA) is 112 Å². The normalized spacial score (nSPS) is 10.7. The van der Waals surface area contributed by atoms with Gasteiger partial charge in [-0.1, -0.05) is 0 Å². The highest BCUT2D eigenvalue weighted by Gasteiger charge is 2.10. The minimum Gasteiger partial charge on any atom is -0.477 e. The summed E-state index contributed by atoms with van der Waals surface area (Å²) in [5.74, 6) is -1.03. The van der Waals surface area contributed by atoms with E-state index in [4.69, 9.17) is 5.11 Å². The van der Waals surface area contributed by atoms with Gasteiger partial charge in [-0.2, -0.15) is 0 Å². The van der Waals surface area contributed by atoms with Crippen molar-refractivity contribution in [1.82, 2.24) is 19.9 Å². The summed E-state index contributed by atoms with van der Waals surface area (Å²) < 4.78 is 0. The summed E-state index contributed by atoms with van der Waals surface area (Å²) in [6.07, 6.45) is 1.55. The van der Waals surface area contributed by atoms with Crippen LogP contribution >= 0.6 is 0 Å². The quantitative estimate of drug-likeness (QED) is 0.633. The molecule has 3 aromatic rings. The number of fused-ring (bicyclic) bond motifs is 1. The Morgan fingerprint density at radius 2 is 2.11 bits per heavy atom. The minimum absolute atomic E-state index is 0.210. The van der Waals surface area contributed by atoms with E-state index >= 15 is 0 Å². The van der Waals surface area contributed by atoms with E-state index in [2.05, 4.69) is 19.9 Å². The number of benzene rings is 1. The Morgan fingerprint density at radius 1 is 1.26 bits per heavy atom. The predicted molar refractivity (Wildman–Crippen MR) is 66.9 cm³/mol. The van der Waals surface area contributed by atoms with E-state index < -0.39 is 11.5 Å². The van der Waals surface area contributed by atoms with Gasteiger partial charge in [-0.3, -0.25) is 4.79 Å². The first-order chi connectivity index (χ1) is 9.13. The second-order valence-corrected chi connectivity index (χ2v) is 3.92. The Balaban J connectivity index is 2.19. The zero-order valence-corrected chi connectivity index (χ0v) is 9.54. The number of hydrogen-bond acceptors (Lipinski definition) is 4. The van der Waals surface area contributed by atoms with Gasteiger partial charge >= 0.3 is 5.97 Å². The number of aromatic amines is 2. The van der Waals surface area contributed by atoms with Gasteiger partial charge in [0.15, 0.2) is 5.69 Å². The Kier molecular flexibility index (Phi) is 2.38. The monoisotopic (exact) mass is 256 g/mol. The summed E-state index contributed by atoms with van der Waals surface area (Å²) in [6.45, 7) is 0. The molecule has 0 unspecified atom stereocenters. The molecule has 0 bridgehead atoms. The first-order valence-electron chi connectivity index (χ1n) is 5.41. The SMILES string of the molecule is O=C(O)c1cc(=O)[nH]c(-c2ccc3nc[nH]c3c2)n1. The van der Waals surface area contributed by atoms with Gasteiger partial charge in [0.25, 0.3) is 5.56 Å². The number of nitrogens with zero attached hydrogens (tertiary/aromatic N) is 2. The largest absolute Gasteiger partial charge is 0.477 e. The van der Waals surface area contributed by atoms with Crippen LogP contribution in [0.3, 0.4) is 0 Å². The standard InChI is InChI=1S/C12H8N4O3/c17-10-4-9(12(18)19)15-11(16-10)6-1-2-7-8(3-6)14-5-13-7/h1-5H,(H,13,14)(H,18,19)(H,15,16,17). The molecule has 1 aromatic carbocycles. The lowest BCUT2D eigenvalue weighted by atomic mass is 10.2. The van der Waals surface area contributed by atoms with Gasteiger partial charge < -0.3 is 15.1 Å². The summed E-state index contributed by atoms with van der Waals surface area (Å²) in [4.78, 5) is 35.7. The fourth-order valence-corrected chi connectivity index (χ4v) is 1.79. The third kappa shape index (κ3) is 1.97. The van der Waals surface area contributed by atoms with Crippen molar-refractivity contribution < 1.29 is 9.90 Å². The van der Waals surface area contributed by atoms with Gasteiger partial charge in [0.1, 0.15) is 5.82 Å². The average molecular weight is 256 g/mol. The van der Waals surface area contributed by atoms with Crippen LogP contribution in [-0.4, -0.2) is 31.0 Å². The lowest BCUT2D eigenvalue weighted by molar-refractivity contribution is 0.0690. The third-order valence-corrected chi connectivity index (χ3v) is 2.65. The minimum atomic E-state index is -1.24. The molecule has 3 rings (SSSR count). The zero-order valence-electron chi connectivity index (χ0n) is 9.54. The maximum absolute atomic E-state index is 11.4. The molecule has 0 radical (unpaired) electrons. The first-order valence-corrected chi connectivity index (χ1v) is 5.41. The lowest BCUT2D eigenvalue weighted by Gasteiger charge is -2.02. The summed E-state index contributed by atoms with van der Waals surface area (Å²) in [5, 5.41) is 8.89. The maximum atomic E-state index is 11.4. The Bertz CT molecular complexity index is 834. The highest BCUT2D eigenvalue weighted by molar-refractivity contribution is 5.86. The van der Waals surface area contributed by atoms with Gasteiger partial charge in [0, 0.05) is 11.6 Å². The molecular formula is C12H8N4O3. The maximum Gasteiger partial charge on any atom is 0.354 e. The molecule has 7 nitrogen and oxygen atoms in total. The lowest BCUT2D eigenvalue weighted by Crippen LogP contribution is -2.13. The van der Waals surface area contributed by atoms with Crippen molar-refractivity contribution in [3.05, 3.63) is 46.6 Å². The van der Waals surface area contributed by atoms with Crippen LogP contribution in [0.15, 0.2) is 35.4 Å². The number of rotatable bonds is 2. The predicted octanol–water partition coefficient (Wildman–Crippen LogP) is 1.01. The van der Waals surface area contributed by atoms with Crippen molar-refractivity contribution in [2.45, 2.75) is 0 Å². The molecule has 0 fully saturated rings. The van der Waals surface area contributed by atoms with Crippen LogP contribution in [0, 0.1) is 0 Å². The fraction of sp³-hybridized carbons (Fsp3) is 0. The van der Waals surface area contributed by atoms with Gasteiger partial charge in [0.05, 0.1) is 17.4 Å². The molecule has 0 spiro atoms. The van der Waals surface area contributed by atoms with Crippen LogP contribution in [0.5, 0.6) is 0 Å². The highest BCUT2D eigenvalue weighted by Crippen LogP contribution is 2.18. The van der Waals surface area contributed by atoms with Gasteiger partial charge in [-0.05, 0) is 18.2 Å². The van der Waals surface area contributed by atoms with Crippen LogP contribution in [0.2, 0.25) is 0 Å². The van der Waals surface area contributed by atoms with Crippen LogP contribution in [-0.2, 0) is 0 Å². The van der Waals surface area contributed by atoms with E-state index in [0.29, 0.717) is 5.56 Å². The van der Waals surface area contributed by atoms with E-state index in [9.17, 15) is 9.59 Å². The van der Waals surface area contributed by atoms with E-state index in [-0.39, 0.29) is 11.5 Å². The average Bonchev–Trinajstić information content (AvgIpc) is 2.85. The number of carboxylic acid groups (broad SMARTS) is 1. The van der Waals surface area contributed by atoms with E-state index in [0.717, 1.165) is 17.1 Å². The summed E-state index contributed by atoms with van der Waals surface area (Å²) in [7, 11) is 0. The Morgan fingerprint density at radius 3 is 2.89 bits per heavy atom. The molecule has 3 N–H and O–H groups in total. The number of aromatic carboxylic acids is 1. The molecule has 0 aliphatic rings. The fourth-order valence-electron chi connectivity index (χ4n) is 1.79. The van der Waals surface area contributed by atoms with Crippen molar-refractivity contribution in [2.75, 3.05) is 0 Å². The number of carboxylic acids is 1. The van der Waals surface area contributed by atoms with Crippen molar-refractivity contribution in [3.8, 4) is 11.4 Å². The van der Waals surface area contributed by atoms with Crippen molar-refractivity contribution in [2.24, 2.45) is 0 Å². The molecule has 0 aliphatic carbocycles. The van der Waals surface area contributed by atoms with Crippen LogP contribution in [0.25, 0.3) is 22.4 Å². The van der Waals surface area contributed by atoms with Crippen LogP contribution < -0.4 is 5.56 Å². The van der Waals surface area contributed by atoms with Gasteiger partial charge in [0.2, 0.25) is 0 Å². The van der Waals surface area contributed by atoms with E-state index in [1.165, 1.54) is 0 Å². The third-order valence-electron chi connectivity index (χ3n) is 2.65. The van der Waals surface area contributed by atoms with Crippen molar-refractivity contribution >= 4 is 17.0 Å². The summed E-state index contributed by atoms with van der Waals surface area (Å²) in [5.41, 5.74) is 1.37. The molecule has 7 heteroatoms. The Hall–Kier alpha value is -2.96. The zero-order chi connectivity index (χ0) is 13.4. The number of aromatic nitrogens is 4. The van der Waals surface area contributed by atoms with Gasteiger partial charge in [-0.15, -0.1) is 0 Å². The molecule has 94 valence electrons. The van der Waals surface area contributed by atoms with Crippen molar-refractivity contribution in [1.29, 1.82) is 0 Å².